The van der Waals surface area contributed by atoms with Crippen LogP contribution < -0.4 is 4.74 Å². The Morgan fingerprint density at radius 2 is 2.09 bits per heavy atom. The highest BCUT2D eigenvalue weighted by Crippen LogP contribution is 2.42. The number of unbranched alkanes of at least 4 members (excludes halogenated alkanes) is 1. The van der Waals surface area contributed by atoms with Gasteiger partial charge in [-0.2, -0.15) is 0 Å². The number of likely N-dealkylation sites (tertiary alicyclic amines) is 1. The maximum atomic E-state index is 12.9. The molecule has 4 nitrogen and oxygen atoms in total. The van der Waals surface area contributed by atoms with Crippen LogP contribution >= 0.6 is 0 Å². The Morgan fingerprint density at radius 1 is 1.30 bits per heavy atom. The van der Waals surface area contributed by atoms with Gasteiger partial charge in [-0.3, -0.25) is 9.59 Å². The monoisotopic (exact) mass is 315 g/mol. The summed E-state index contributed by atoms with van der Waals surface area (Å²) in [4.78, 5) is 26.9. The van der Waals surface area contributed by atoms with Gasteiger partial charge >= 0.3 is 0 Å². The maximum absolute atomic E-state index is 12.9. The van der Waals surface area contributed by atoms with E-state index >= 15 is 0 Å². The van der Waals surface area contributed by atoms with Gasteiger partial charge < -0.3 is 9.64 Å². The fourth-order valence-electron chi connectivity index (χ4n) is 3.49. The Hall–Kier alpha value is -1.84. The quantitative estimate of drug-likeness (QED) is 0.855. The number of ether oxygens (including phenoxy) is 1. The van der Waals surface area contributed by atoms with Gasteiger partial charge in [-0.05, 0) is 50.8 Å². The number of hydrogen-bond donors (Lipinski definition) is 0. The molecule has 4 heteroatoms. The Morgan fingerprint density at radius 3 is 2.74 bits per heavy atom. The molecule has 0 radical (unpaired) electrons. The van der Waals surface area contributed by atoms with E-state index < -0.39 is 11.6 Å². The number of benzene rings is 1. The van der Waals surface area contributed by atoms with Crippen LogP contribution in [0.15, 0.2) is 18.2 Å². The van der Waals surface area contributed by atoms with Crippen molar-refractivity contribution in [3.63, 3.8) is 0 Å². The second kappa shape index (κ2) is 5.99. The smallest absolute Gasteiger partial charge is 0.223 e. The minimum absolute atomic E-state index is 0.0205. The number of carbonyl (C=O) groups excluding carboxylic acids is 2. The standard InChI is InChI=1S/C19H25NO3/c1-4-5-7-13-9-10-15-14(12-13)17(18(22)19(2,3)23-15)20-11-6-8-16(20)21/h9-10,12,17H,4-8,11H2,1-3H3. The lowest BCUT2D eigenvalue weighted by atomic mass is 9.86. The molecule has 1 saturated heterocycles. The highest BCUT2D eigenvalue weighted by atomic mass is 16.5. The molecule has 0 spiro atoms. The maximum Gasteiger partial charge on any atom is 0.223 e. The molecule has 0 N–H and O–H groups in total. The van der Waals surface area contributed by atoms with Crippen molar-refractivity contribution in [2.24, 2.45) is 0 Å². The molecule has 1 amide bonds. The number of fused-ring (bicyclic) bond motifs is 1. The number of ketones is 1. The van der Waals surface area contributed by atoms with Crippen molar-refractivity contribution in [2.75, 3.05) is 6.54 Å². The van der Waals surface area contributed by atoms with Gasteiger partial charge in [-0.1, -0.05) is 19.4 Å². The lowest BCUT2D eigenvalue weighted by Gasteiger charge is -2.40. The molecule has 0 bridgehead atoms. The van der Waals surface area contributed by atoms with Crippen molar-refractivity contribution in [3.05, 3.63) is 29.3 Å². The van der Waals surface area contributed by atoms with Crippen LogP contribution in [0, 0.1) is 0 Å². The molecule has 1 unspecified atom stereocenters. The third kappa shape index (κ3) is 2.87. The predicted octanol–water partition coefficient (Wildman–Crippen LogP) is 3.43. The summed E-state index contributed by atoms with van der Waals surface area (Å²) in [6, 6.07) is 5.60. The molecule has 23 heavy (non-hydrogen) atoms. The molecule has 1 aromatic rings. The van der Waals surface area contributed by atoms with Crippen LogP contribution in [0.5, 0.6) is 5.75 Å². The van der Waals surface area contributed by atoms with Crippen molar-refractivity contribution in [1.82, 2.24) is 4.90 Å². The van der Waals surface area contributed by atoms with E-state index in [1.54, 1.807) is 18.7 Å². The van der Waals surface area contributed by atoms with Gasteiger partial charge in [0.05, 0.1) is 0 Å². The third-order valence-electron chi connectivity index (χ3n) is 4.82. The number of Topliss-reactive ketones (excluding diaryl/α,β-unsaturated/α-hetero) is 1. The fourth-order valence-corrected chi connectivity index (χ4v) is 3.49. The first-order valence-corrected chi connectivity index (χ1v) is 8.59. The zero-order valence-corrected chi connectivity index (χ0v) is 14.2. The number of amides is 1. The predicted molar refractivity (Wildman–Crippen MR) is 88.5 cm³/mol. The van der Waals surface area contributed by atoms with Crippen LogP contribution in [-0.2, 0) is 16.0 Å². The van der Waals surface area contributed by atoms with E-state index in [1.807, 2.05) is 6.07 Å². The van der Waals surface area contributed by atoms with Gasteiger partial charge in [0.25, 0.3) is 0 Å². The highest BCUT2D eigenvalue weighted by Gasteiger charge is 2.47. The molecule has 3 rings (SSSR count). The van der Waals surface area contributed by atoms with Crippen LogP contribution in [0.3, 0.4) is 0 Å². The zero-order valence-electron chi connectivity index (χ0n) is 14.2. The third-order valence-corrected chi connectivity index (χ3v) is 4.82. The first-order valence-electron chi connectivity index (χ1n) is 8.59. The fraction of sp³-hybridized carbons (Fsp3) is 0.579. The summed E-state index contributed by atoms with van der Waals surface area (Å²) in [5.41, 5.74) is 1.17. The molecular formula is C19H25NO3. The summed E-state index contributed by atoms with van der Waals surface area (Å²) in [5.74, 6) is 0.790. The van der Waals surface area contributed by atoms with Crippen molar-refractivity contribution >= 4 is 11.7 Å². The van der Waals surface area contributed by atoms with Crippen LogP contribution in [-0.4, -0.2) is 28.7 Å². The SMILES string of the molecule is CCCCc1ccc2c(c1)C(N1CCCC1=O)C(=O)C(C)(C)O2. The number of rotatable bonds is 4. The normalized spacial score (nSPS) is 22.9. The summed E-state index contributed by atoms with van der Waals surface area (Å²) in [7, 11) is 0. The molecule has 2 heterocycles. The van der Waals surface area contributed by atoms with E-state index in [2.05, 4.69) is 19.1 Å². The molecule has 1 aromatic carbocycles. The van der Waals surface area contributed by atoms with Gasteiger partial charge in [0.1, 0.15) is 11.8 Å². The number of carbonyl (C=O) groups is 2. The van der Waals surface area contributed by atoms with Crippen LogP contribution in [0.1, 0.15) is 63.6 Å². The van der Waals surface area contributed by atoms with E-state index in [4.69, 9.17) is 4.74 Å². The summed E-state index contributed by atoms with van der Waals surface area (Å²) in [5, 5.41) is 0. The minimum Gasteiger partial charge on any atom is -0.480 e. The van der Waals surface area contributed by atoms with Gasteiger partial charge in [0, 0.05) is 18.5 Å². The number of aryl methyl sites for hydroxylation is 1. The van der Waals surface area contributed by atoms with E-state index in [9.17, 15) is 9.59 Å². The lowest BCUT2D eigenvalue weighted by Crippen LogP contribution is -2.50. The summed E-state index contributed by atoms with van der Waals surface area (Å²) >= 11 is 0. The molecule has 0 aliphatic carbocycles. The molecular weight excluding hydrogens is 290 g/mol. The average molecular weight is 315 g/mol. The lowest BCUT2D eigenvalue weighted by molar-refractivity contribution is -0.146. The van der Waals surface area contributed by atoms with Gasteiger partial charge in [0.2, 0.25) is 11.7 Å². The van der Waals surface area contributed by atoms with Gasteiger partial charge in [-0.15, -0.1) is 0 Å². The van der Waals surface area contributed by atoms with Gasteiger partial charge in [0.15, 0.2) is 5.60 Å². The van der Waals surface area contributed by atoms with Crippen molar-refractivity contribution in [2.45, 2.75) is 64.5 Å². The topological polar surface area (TPSA) is 46.6 Å². The van der Waals surface area contributed by atoms with Gasteiger partial charge in [-0.25, -0.2) is 0 Å². The van der Waals surface area contributed by atoms with Crippen LogP contribution in [0.4, 0.5) is 0 Å². The molecule has 1 fully saturated rings. The Bertz CT molecular complexity index is 636. The van der Waals surface area contributed by atoms with Crippen molar-refractivity contribution < 1.29 is 14.3 Å². The van der Waals surface area contributed by atoms with E-state index in [1.165, 1.54) is 5.56 Å². The largest absolute Gasteiger partial charge is 0.480 e. The van der Waals surface area contributed by atoms with E-state index in [-0.39, 0.29) is 11.7 Å². The molecule has 1 atom stereocenters. The summed E-state index contributed by atoms with van der Waals surface area (Å²) in [6.45, 7) is 6.40. The van der Waals surface area contributed by atoms with E-state index in [0.29, 0.717) is 13.0 Å². The van der Waals surface area contributed by atoms with Crippen molar-refractivity contribution in [1.29, 1.82) is 0 Å². The first kappa shape index (κ1) is 16.0. The summed E-state index contributed by atoms with van der Waals surface area (Å²) < 4.78 is 5.93. The number of hydrogen-bond acceptors (Lipinski definition) is 3. The second-order valence-electron chi connectivity index (χ2n) is 7.05. The Balaban J connectivity index is 2.03. The van der Waals surface area contributed by atoms with Crippen LogP contribution in [0.2, 0.25) is 0 Å². The molecule has 124 valence electrons. The molecule has 0 saturated carbocycles. The molecule has 2 aliphatic rings. The first-order chi connectivity index (χ1) is 10.9. The minimum atomic E-state index is -0.897. The summed E-state index contributed by atoms with van der Waals surface area (Å²) in [6.07, 6.45) is 4.60. The zero-order chi connectivity index (χ0) is 16.6. The average Bonchev–Trinajstić information content (AvgIpc) is 2.92. The Kier molecular flexibility index (Phi) is 4.17. The second-order valence-corrected chi connectivity index (χ2v) is 7.05. The molecule has 2 aliphatic heterocycles. The Labute approximate surface area is 137 Å². The number of nitrogens with zero attached hydrogens (tertiary/aromatic N) is 1. The van der Waals surface area contributed by atoms with Crippen LogP contribution in [0.25, 0.3) is 0 Å². The highest BCUT2D eigenvalue weighted by molar-refractivity contribution is 5.97. The van der Waals surface area contributed by atoms with E-state index in [0.717, 1.165) is 37.0 Å². The molecule has 0 aromatic heterocycles. The van der Waals surface area contributed by atoms with Crippen molar-refractivity contribution in [3.8, 4) is 5.75 Å².